The molecular formula is C16H14F3N5O2. The molecule has 3 rings (SSSR count). The SMILES string of the molecule is COc1ccc(-c2cc(C(=O)Nc3c(C(F)(F)F)n[nH]c3C)[nH]n2)cc1. The lowest BCUT2D eigenvalue weighted by Crippen LogP contribution is -2.17. The molecule has 0 radical (unpaired) electrons. The first-order valence-corrected chi connectivity index (χ1v) is 7.43. The summed E-state index contributed by atoms with van der Waals surface area (Å²) in [7, 11) is 1.54. The number of hydrogen-bond donors (Lipinski definition) is 3. The van der Waals surface area contributed by atoms with Gasteiger partial charge in [-0.25, -0.2) is 0 Å². The van der Waals surface area contributed by atoms with Crippen LogP contribution in [0.4, 0.5) is 18.9 Å². The number of benzene rings is 1. The molecule has 0 aliphatic heterocycles. The molecule has 0 spiro atoms. The topological polar surface area (TPSA) is 95.7 Å². The van der Waals surface area contributed by atoms with Gasteiger partial charge in [-0.3, -0.25) is 15.0 Å². The van der Waals surface area contributed by atoms with E-state index in [-0.39, 0.29) is 11.4 Å². The van der Waals surface area contributed by atoms with Gasteiger partial charge in [0.05, 0.1) is 24.2 Å². The van der Waals surface area contributed by atoms with Crippen LogP contribution in [0, 0.1) is 6.92 Å². The zero-order valence-corrected chi connectivity index (χ0v) is 13.7. The van der Waals surface area contributed by atoms with Gasteiger partial charge in [0, 0.05) is 5.56 Å². The first kappa shape index (κ1) is 17.5. The first-order valence-electron chi connectivity index (χ1n) is 7.43. The lowest BCUT2D eigenvalue weighted by atomic mass is 10.1. The van der Waals surface area contributed by atoms with Gasteiger partial charge in [0.15, 0.2) is 5.69 Å². The van der Waals surface area contributed by atoms with E-state index in [2.05, 4.69) is 25.7 Å². The van der Waals surface area contributed by atoms with Crippen molar-refractivity contribution in [3.63, 3.8) is 0 Å². The molecule has 0 unspecified atom stereocenters. The molecule has 1 amide bonds. The monoisotopic (exact) mass is 365 g/mol. The van der Waals surface area contributed by atoms with Crippen molar-refractivity contribution in [3.8, 4) is 17.0 Å². The summed E-state index contributed by atoms with van der Waals surface area (Å²) in [4.78, 5) is 12.3. The van der Waals surface area contributed by atoms with E-state index in [1.165, 1.54) is 13.0 Å². The standard InChI is InChI=1S/C16H14F3N5O2/c1-8-13(14(24-21-8)16(17,18)19)20-15(25)12-7-11(22-23-12)9-3-5-10(26-2)6-4-9/h3-7H,1-2H3,(H,20,25)(H,21,24)(H,22,23). The Morgan fingerprint density at radius 2 is 1.85 bits per heavy atom. The number of hydrogen-bond acceptors (Lipinski definition) is 4. The molecule has 2 heterocycles. The van der Waals surface area contributed by atoms with Gasteiger partial charge in [0.25, 0.3) is 5.91 Å². The van der Waals surface area contributed by atoms with Crippen molar-refractivity contribution in [1.29, 1.82) is 0 Å². The number of H-pyrrole nitrogens is 2. The minimum absolute atomic E-state index is 0.0181. The number of aromatic amines is 2. The number of aryl methyl sites for hydroxylation is 1. The summed E-state index contributed by atoms with van der Waals surface area (Å²) >= 11 is 0. The molecule has 0 bridgehead atoms. The van der Waals surface area contributed by atoms with E-state index in [1.807, 2.05) is 0 Å². The quantitative estimate of drug-likeness (QED) is 0.660. The van der Waals surface area contributed by atoms with Crippen LogP contribution in [0.2, 0.25) is 0 Å². The number of methoxy groups -OCH3 is 1. The molecule has 0 aliphatic rings. The fraction of sp³-hybridized carbons (Fsp3) is 0.188. The number of nitrogens with one attached hydrogen (secondary N) is 3. The van der Waals surface area contributed by atoms with Crippen molar-refractivity contribution >= 4 is 11.6 Å². The zero-order valence-electron chi connectivity index (χ0n) is 13.7. The van der Waals surface area contributed by atoms with Gasteiger partial charge in [-0.1, -0.05) is 0 Å². The Kier molecular flexibility index (Phi) is 4.41. The maximum Gasteiger partial charge on any atom is 0.437 e. The van der Waals surface area contributed by atoms with Crippen LogP contribution in [0.15, 0.2) is 30.3 Å². The third-order valence-electron chi connectivity index (χ3n) is 3.66. The van der Waals surface area contributed by atoms with Crippen LogP contribution in [-0.4, -0.2) is 33.4 Å². The van der Waals surface area contributed by atoms with Crippen LogP contribution < -0.4 is 10.1 Å². The summed E-state index contributed by atoms with van der Waals surface area (Å²) in [5.41, 5.74) is -0.291. The average molecular weight is 365 g/mol. The second kappa shape index (κ2) is 6.54. The molecule has 136 valence electrons. The summed E-state index contributed by atoms with van der Waals surface area (Å²) in [6, 6.07) is 8.40. The molecule has 7 nitrogen and oxygen atoms in total. The Bertz CT molecular complexity index is 928. The highest BCUT2D eigenvalue weighted by Crippen LogP contribution is 2.34. The molecule has 1 aromatic carbocycles. The predicted molar refractivity (Wildman–Crippen MR) is 86.9 cm³/mol. The van der Waals surface area contributed by atoms with E-state index in [0.29, 0.717) is 11.4 Å². The lowest BCUT2D eigenvalue weighted by Gasteiger charge is -2.07. The average Bonchev–Trinajstić information content (AvgIpc) is 3.22. The molecule has 3 aromatic rings. The van der Waals surface area contributed by atoms with Gasteiger partial charge in [-0.05, 0) is 37.3 Å². The Balaban J connectivity index is 1.82. The number of aromatic nitrogens is 4. The van der Waals surface area contributed by atoms with Crippen molar-refractivity contribution < 1.29 is 22.7 Å². The molecule has 0 saturated carbocycles. The number of alkyl halides is 3. The van der Waals surface area contributed by atoms with Crippen molar-refractivity contribution in [2.75, 3.05) is 12.4 Å². The summed E-state index contributed by atoms with van der Waals surface area (Å²) in [6.07, 6.45) is -4.68. The number of nitrogens with zero attached hydrogens (tertiary/aromatic N) is 2. The van der Waals surface area contributed by atoms with Gasteiger partial charge in [0.1, 0.15) is 11.4 Å². The Morgan fingerprint density at radius 1 is 1.15 bits per heavy atom. The minimum Gasteiger partial charge on any atom is -0.497 e. The van der Waals surface area contributed by atoms with E-state index in [1.54, 1.807) is 31.4 Å². The highest BCUT2D eigenvalue weighted by atomic mass is 19.4. The number of rotatable bonds is 4. The number of carbonyl (C=O) groups excluding carboxylic acids is 1. The van der Waals surface area contributed by atoms with Crippen molar-refractivity contribution in [3.05, 3.63) is 47.4 Å². The van der Waals surface area contributed by atoms with Gasteiger partial charge in [-0.2, -0.15) is 23.4 Å². The zero-order chi connectivity index (χ0) is 18.9. The summed E-state index contributed by atoms with van der Waals surface area (Å²) in [6.45, 7) is 1.38. The molecule has 26 heavy (non-hydrogen) atoms. The summed E-state index contributed by atoms with van der Waals surface area (Å²) in [5, 5.41) is 14.2. The summed E-state index contributed by atoms with van der Waals surface area (Å²) < 4.78 is 43.9. The van der Waals surface area contributed by atoms with Gasteiger partial charge >= 0.3 is 6.18 Å². The number of amides is 1. The molecule has 10 heteroatoms. The van der Waals surface area contributed by atoms with E-state index in [4.69, 9.17) is 4.74 Å². The minimum atomic E-state index is -4.68. The third-order valence-corrected chi connectivity index (χ3v) is 3.66. The van der Waals surface area contributed by atoms with E-state index >= 15 is 0 Å². The molecular weight excluding hydrogens is 351 g/mol. The molecule has 0 fully saturated rings. The van der Waals surface area contributed by atoms with Crippen molar-refractivity contribution in [2.24, 2.45) is 0 Å². The second-order valence-electron chi connectivity index (χ2n) is 5.42. The molecule has 0 atom stereocenters. The maximum atomic E-state index is 12.9. The molecule has 3 N–H and O–H groups in total. The largest absolute Gasteiger partial charge is 0.497 e. The smallest absolute Gasteiger partial charge is 0.437 e. The van der Waals surface area contributed by atoms with Crippen LogP contribution in [-0.2, 0) is 6.18 Å². The summed E-state index contributed by atoms with van der Waals surface area (Å²) in [5.74, 6) is -0.0929. The number of ether oxygens (including phenoxy) is 1. The Labute approximate surface area is 145 Å². The number of carbonyl (C=O) groups is 1. The van der Waals surface area contributed by atoms with Gasteiger partial charge in [-0.15, -0.1) is 0 Å². The molecule has 0 saturated heterocycles. The normalized spacial score (nSPS) is 11.4. The Hall–Kier alpha value is -3.30. The van der Waals surface area contributed by atoms with Gasteiger partial charge in [0.2, 0.25) is 0 Å². The van der Waals surface area contributed by atoms with Crippen LogP contribution in [0.5, 0.6) is 5.75 Å². The predicted octanol–water partition coefficient (Wildman–Crippen LogP) is 3.39. The van der Waals surface area contributed by atoms with Gasteiger partial charge < -0.3 is 10.1 Å². The van der Waals surface area contributed by atoms with Crippen LogP contribution in [0.1, 0.15) is 21.9 Å². The maximum absolute atomic E-state index is 12.9. The first-order chi connectivity index (χ1) is 12.3. The van der Waals surface area contributed by atoms with Crippen LogP contribution in [0.25, 0.3) is 11.3 Å². The van der Waals surface area contributed by atoms with Crippen LogP contribution >= 0.6 is 0 Å². The van der Waals surface area contributed by atoms with Crippen molar-refractivity contribution in [2.45, 2.75) is 13.1 Å². The lowest BCUT2D eigenvalue weighted by molar-refractivity contribution is -0.140. The number of anilines is 1. The van der Waals surface area contributed by atoms with Crippen LogP contribution in [0.3, 0.4) is 0 Å². The molecule has 2 aromatic heterocycles. The highest BCUT2D eigenvalue weighted by molar-refractivity contribution is 6.04. The second-order valence-corrected chi connectivity index (χ2v) is 5.42. The fourth-order valence-electron chi connectivity index (χ4n) is 2.32. The number of halogens is 3. The highest BCUT2D eigenvalue weighted by Gasteiger charge is 2.38. The van der Waals surface area contributed by atoms with E-state index < -0.39 is 23.5 Å². The van der Waals surface area contributed by atoms with E-state index in [0.717, 1.165) is 5.56 Å². The fourth-order valence-corrected chi connectivity index (χ4v) is 2.32. The van der Waals surface area contributed by atoms with E-state index in [9.17, 15) is 18.0 Å². The Morgan fingerprint density at radius 3 is 2.46 bits per heavy atom. The third kappa shape index (κ3) is 3.39. The molecule has 0 aliphatic carbocycles. The van der Waals surface area contributed by atoms with Crippen molar-refractivity contribution in [1.82, 2.24) is 20.4 Å².